The van der Waals surface area contributed by atoms with Gasteiger partial charge in [-0.3, -0.25) is 9.59 Å². The van der Waals surface area contributed by atoms with Crippen LogP contribution < -0.4 is 0 Å². The van der Waals surface area contributed by atoms with Gasteiger partial charge in [0.1, 0.15) is 29.1 Å². The first-order chi connectivity index (χ1) is 16.5. The van der Waals surface area contributed by atoms with Gasteiger partial charge in [0.05, 0.1) is 5.92 Å². The van der Waals surface area contributed by atoms with Crippen molar-refractivity contribution in [2.75, 3.05) is 13.1 Å². The van der Waals surface area contributed by atoms with Crippen LogP contribution in [0, 0.1) is 5.92 Å². The molecule has 0 bridgehead atoms. The quantitative estimate of drug-likeness (QED) is 0.497. The summed E-state index contributed by atoms with van der Waals surface area (Å²) in [7, 11) is 0. The molecule has 1 aliphatic heterocycles. The smallest absolute Gasteiger partial charge is 0.309 e. The minimum absolute atomic E-state index is 0.00512. The van der Waals surface area contributed by atoms with Gasteiger partial charge in [-0.25, -0.2) is 0 Å². The first-order valence-corrected chi connectivity index (χ1v) is 11.8. The highest BCUT2D eigenvalue weighted by Crippen LogP contribution is 2.24. The van der Waals surface area contributed by atoms with Gasteiger partial charge in [-0.05, 0) is 61.6 Å². The van der Waals surface area contributed by atoms with Crippen molar-refractivity contribution in [1.29, 1.82) is 0 Å². The van der Waals surface area contributed by atoms with Gasteiger partial charge in [0.25, 0.3) is 5.91 Å². The predicted octanol–water partition coefficient (Wildman–Crippen LogP) is 3.92. The summed E-state index contributed by atoms with van der Waals surface area (Å²) in [6.45, 7) is 1.33. The molecule has 9 heteroatoms. The highest BCUT2D eigenvalue weighted by molar-refractivity contribution is 5.97. The third-order valence-electron chi connectivity index (χ3n) is 6.24. The van der Waals surface area contributed by atoms with Crippen LogP contribution in [0.25, 0.3) is 11.0 Å². The van der Waals surface area contributed by atoms with Gasteiger partial charge in [0, 0.05) is 24.7 Å². The topological polar surface area (TPSA) is 129 Å². The van der Waals surface area contributed by atoms with Crippen LogP contribution in [-0.2, 0) is 16.1 Å². The lowest BCUT2D eigenvalue weighted by Crippen LogP contribution is -2.33. The van der Waals surface area contributed by atoms with E-state index in [4.69, 9.17) is 4.74 Å². The molecule has 1 saturated heterocycles. The highest BCUT2D eigenvalue weighted by atomic mass is 16.5. The molecule has 2 aromatic carbocycles. The Morgan fingerprint density at radius 2 is 1.59 bits per heavy atom. The number of aromatic nitrogens is 3. The number of nitrogens with zero attached hydrogens (tertiary/aromatic N) is 3. The Kier molecular flexibility index (Phi) is 7.61. The first-order valence-electron chi connectivity index (χ1n) is 11.8. The van der Waals surface area contributed by atoms with Crippen LogP contribution in [0.1, 0.15) is 60.9 Å². The summed E-state index contributed by atoms with van der Waals surface area (Å²) in [6.07, 6.45) is 5.77. The SMILES string of the molecule is O=C(OCc1cc(O)cc(O)c1)C1CCCCCN(C(=O)c2ccc3n[nH]nc3c2)CCCC1. The summed E-state index contributed by atoms with van der Waals surface area (Å²) in [5.41, 5.74) is 2.55. The van der Waals surface area contributed by atoms with Gasteiger partial charge in [0.15, 0.2) is 0 Å². The van der Waals surface area contributed by atoms with Crippen LogP contribution in [0.5, 0.6) is 11.5 Å². The van der Waals surface area contributed by atoms with Gasteiger partial charge in [-0.15, -0.1) is 0 Å². The number of phenolic OH excluding ortho intramolecular Hbond substituents is 2. The van der Waals surface area contributed by atoms with Crippen molar-refractivity contribution in [3.63, 3.8) is 0 Å². The number of carbonyl (C=O) groups is 2. The van der Waals surface area contributed by atoms with E-state index in [1.54, 1.807) is 18.2 Å². The molecule has 3 aromatic rings. The van der Waals surface area contributed by atoms with Gasteiger partial charge < -0.3 is 19.8 Å². The number of aromatic hydroxyl groups is 2. The second-order valence-corrected chi connectivity index (χ2v) is 8.83. The van der Waals surface area contributed by atoms with Crippen LogP contribution >= 0.6 is 0 Å². The van der Waals surface area contributed by atoms with Gasteiger partial charge in [-0.1, -0.05) is 19.3 Å². The fourth-order valence-electron chi connectivity index (χ4n) is 4.43. The number of ether oxygens (including phenoxy) is 1. The van der Waals surface area contributed by atoms with Crippen molar-refractivity contribution < 1.29 is 24.5 Å². The standard InChI is InChI=1S/C25H30N4O5/c30-20-12-17(13-21(31)15-20)16-34-25(33)18-6-2-1-4-10-29(11-5-3-7-18)24(32)19-8-9-22-23(14-19)27-28-26-22/h8-9,12-15,18,30-31H,1-7,10-11,16H2,(H,26,27,28). The van der Waals surface area contributed by atoms with E-state index in [1.165, 1.54) is 18.2 Å². The van der Waals surface area contributed by atoms with Crippen molar-refractivity contribution in [3.05, 3.63) is 47.5 Å². The summed E-state index contributed by atoms with van der Waals surface area (Å²) in [5.74, 6) is -0.588. The van der Waals surface area contributed by atoms with Crippen LogP contribution in [0.3, 0.4) is 0 Å². The molecule has 4 rings (SSSR count). The predicted molar refractivity (Wildman–Crippen MR) is 125 cm³/mol. The lowest BCUT2D eigenvalue weighted by Gasteiger charge is -2.22. The van der Waals surface area contributed by atoms with Crippen LogP contribution in [0.15, 0.2) is 36.4 Å². The van der Waals surface area contributed by atoms with Gasteiger partial charge in [-0.2, -0.15) is 15.4 Å². The molecule has 1 amide bonds. The second kappa shape index (κ2) is 11.0. The number of nitrogens with one attached hydrogen (secondary N) is 1. The summed E-state index contributed by atoms with van der Waals surface area (Å²) in [4.78, 5) is 27.7. The van der Waals surface area contributed by atoms with E-state index in [-0.39, 0.29) is 35.9 Å². The number of phenols is 2. The van der Waals surface area contributed by atoms with Crippen molar-refractivity contribution in [2.24, 2.45) is 5.92 Å². The van der Waals surface area contributed by atoms with E-state index in [9.17, 15) is 19.8 Å². The number of aromatic amines is 1. The lowest BCUT2D eigenvalue weighted by atomic mass is 9.95. The largest absolute Gasteiger partial charge is 0.508 e. The van der Waals surface area contributed by atoms with Crippen LogP contribution in [0.4, 0.5) is 0 Å². The number of hydrogen-bond acceptors (Lipinski definition) is 7. The summed E-state index contributed by atoms with van der Waals surface area (Å²) in [5, 5.41) is 29.9. The molecular weight excluding hydrogens is 436 g/mol. The minimum atomic E-state index is -0.254. The molecule has 9 nitrogen and oxygen atoms in total. The van der Waals surface area contributed by atoms with E-state index in [2.05, 4.69) is 15.4 Å². The Labute approximate surface area is 197 Å². The fourth-order valence-corrected chi connectivity index (χ4v) is 4.43. The Hall–Kier alpha value is -3.62. The average Bonchev–Trinajstić information content (AvgIpc) is 3.26. The molecule has 2 heterocycles. The Bertz CT molecular complexity index is 1130. The fraction of sp³-hybridized carbons (Fsp3) is 0.440. The van der Waals surface area contributed by atoms with Crippen molar-refractivity contribution in [2.45, 2.75) is 51.6 Å². The maximum absolute atomic E-state index is 13.1. The zero-order chi connectivity index (χ0) is 23.9. The molecule has 0 aliphatic carbocycles. The maximum Gasteiger partial charge on any atom is 0.309 e. The number of fused-ring (bicyclic) bond motifs is 1. The van der Waals surface area contributed by atoms with Crippen molar-refractivity contribution in [1.82, 2.24) is 20.3 Å². The molecule has 1 atom stereocenters. The second-order valence-electron chi connectivity index (χ2n) is 8.83. The molecule has 0 spiro atoms. The number of hydrogen-bond donors (Lipinski definition) is 3. The Morgan fingerprint density at radius 3 is 2.35 bits per heavy atom. The van der Waals surface area contributed by atoms with E-state index in [0.29, 0.717) is 36.2 Å². The highest BCUT2D eigenvalue weighted by Gasteiger charge is 2.22. The summed E-state index contributed by atoms with van der Waals surface area (Å²) < 4.78 is 5.48. The first kappa shape index (κ1) is 23.5. The van der Waals surface area contributed by atoms with E-state index >= 15 is 0 Å². The van der Waals surface area contributed by atoms with Crippen LogP contribution in [0.2, 0.25) is 0 Å². The number of amides is 1. The number of esters is 1. The third kappa shape index (κ3) is 6.03. The Balaban J connectivity index is 1.32. The zero-order valence-electron chi connectivity index (χ0n) is 19.1. The Morgan fingerprint density at radius 1 is 0.912 bits per heavy atom. The van der Waals surface area contributed by atoms with E-state index in [0.717, 1.165) is 44.0 Å². The molecule has 34 heavy (non-hydrogen) atoms. The molecule has 1 aliphatic rings. The van der Waals surface area contributed by atoms with Crippen molar-refractivity contribution >= 4 is 22.9 Å². The maximum atomic E-state index is 13.1. The molecular formula is C25H30N4O5. The lowest BCUT2D eigenvalue weighted by molar-refractivity contribution is -0.150. The molecule has 0 saturated carbocycles. The average molecular weight is 467 g/mol. The minimum Gasteiger partial charge on any atom is -0.508 e. The van der Waals surface area contributed by atoms with Gasteiger partial charge >= 0.3 is 5.97 Å². The number of carbonyl (C=O) groups excluding carboxylic acids is 2. The molecule has 0 radical (unpaired) electrons. The van der Waals surface area contributed by atoms with Gasteiger partial charge in [0.2, 0.25) is 0 Å². The van der Waals surface area contributed by atoms with E-state index < -0.39 is 0 Å². The monoisotopic (exact) mass is 466 g/mol. The zero-order valence-corrected chi connectivity index (χ0v) is 19.1. The molecule has 1 unspecified atom stereocenters. The third-order valence-corrected chi connectivity index (χ3v) is 6.24. The molecule has 3 N–H and O–H groups in total. The molecule has 180 valence electrons. The van der Waals surface area contributed by atoms with Crippen molar-refractivity contribution in [3.8, 4) is 11.5 Å². The van der Waals surface area contributed by atoms with E-state index in [1.807, 2.05) is 4.90 Å². The summed E-state index contributed by atoms with van der Waals surface area (Å²) in [6, 6.07) is 9.52. The number of benzene rings is 2. The normalized spacial score (nSPS) is 17.8. The number of H-pyrrole nitrogens is 1. The summed E-state index contributed by atoms with van der Waals surface area (Å²) >= 11 is 0. The van der Waals surface area contributed by atoms with Crippen LogP contribution in [-0.4, -0.2) is 55.5 Å². The number of rotatable bonds is 4. The molecule has 1 aromatic heterocycles. The molecule has 1 fully saturated rings.